The number of nitrogens with zero attached hydrogens (tertiary/aromatic N) is 3. The highest BCUT2D eigenvalue weighted by Crippen LogP contribution is 2.15. The van der Waals surface area contributed by atoms with Crippen LogP contribution in [0.15, 0.2) is 0 Å². The second kappa shape index (κ2) is 68.8. The molecule has 0 amide bonds. The zero-order chi connectivity index (χ0) is 61.2. The van der Waals surface area contributed by atoms with E-state index in [4.69, 9.17) is 46.0 Å². The number of hydrogen-bond acceptors (Lipinski definition) is 17. The number of carboxylic acid groups (broad SMARTS) is 2. The van der Waals surface area contributed by atoms with Gasteiger partial charge in [0, 0.05) is 11.9 Å². The van der Waals surface area contributed by atoms with E-state index >= 15 is 0 Å². The summed E-state index contributed by atoms with van der Waals surface area (Å²) in [7, 11) is 2.11. The fourth-order valence-electron chi connectivity index (χ4n) is 8.46. The topological polar surface area (TPSA) is 329 Å². The van der Waals surface area contributed by atoms with Crippen molar-refractivity contribution in [2.75, 3.05) is 147 Å². The van der Waals surface area contributed by atoms with Crippen molar-refractivity contribution >= 4 is 22.3 Å². The van der Waals surface area contributed by atoms with Crippen LogP contribution in [-0.4, -0.2) is 231 Å². The Bertz CT molecular complexity index is 1160. The van der Waals surface area contributed by atoms with Gasteiger partial charge in [-0.2, -0.15) is 0 Å². The predicted octanol–water partition coefficient (Wildman–Crippen LogP) is 4.32. The zero-order valence-corrected chi connectivity index (χ0v) is 52.2. The molecule has 0 aromatic heterocycles. The second-order valence-corrected chi connectivity index (χ2v) is 22.8. The van der Waals surface area contributed by atoms with Gasteiger partial charge in [0.15, 0.2) is 0 Å². The molecule has 0 saturated heterocycles. The highest BCUT2D eigenvalue weighted by molar-refractivity contribution is 7.80. The number of carbonyl (C=O) groups excluding carboxylic acids is 2. The van der Waals surface area contributed by atoms with E-state index < -0.39 is 22.3 Å². The van der Waals surface area contributed by atoms with Crippen LogP contribution in [-0.2, 0) is 24.2 Å². The number of carbonyl (C=O) groups is 2. The standard InChI is InChI=1S/2C18H36O2.3C7H18NO3.CH4O4S/c2*1-2-3-4-5-6-7-8-9-10-11-12-13-14-15-16-17-18(19)20;3*1-8(2-5-9,3-6-10)4-7-11;1-5-6(2,3)4/h2*2-17H2,1H3,(H,19,20);3*9-11H,2-7H2,1H3;1H3,(H,2,3,4)/q;;3*+1;/p-3. The molecule has 0 aromatic carbocycles. The molecule has 0 unspecified atom stereocenters. The Kier molecular flexibility index (Phi) is 77.1. The van der Waals surface area contributed by atoms with Crippen molar-refractivity contribution in [3.8, 4) is 0 Å². The number of likely N-dealkylation sites (N-methyl/N-ethyl adjacent to an activating group) is 3. The molecule has 0 radical (unpaired) electrons. The van der Waals surface area contributed by atoms with Crippen molar-refractivity contribution in [1.29, 1.82) is 0 Å². The molecule has 0 rings (SSSR count). The van der Waals surface area contributed by atoms with Crippen LogP contribution in [0.3, 0.4) is 0 Å². The third-order valence-corrected chi connectivity index (χ3v) is 14.3. The van der Waals surface area contributed by atoms with Gasteiger partial charge in [-0.1, -0.05) is 194 Å². The molecule has 0 aliphatic heterocycles. The maximum Gasteiger partial charge on any atom is 0.217 e. The molecule has 9 N–H and O–H groups in total. The highest BCUT2D eigenvalue weighted by Gasteiger charge is 2.20. The summed E-state index contributed by atoms with van der Waals surface area (Å²) in [6.07, 6.45) is 39.7. The van der Waals surface area contributed by atoms with E-state index in [0.29, 0.717) is 72.4 Å². The lowest BCUT2D eigenvalue weighted by Crippen LogP contribution is -2.49. The second-order valence-electron chi connectivity index (χ2n) is 21.6. The van der Waals surface area contributed by atoms with Gasteiger partial charge >= 0.3 is 0 Å². The number of rotatable bonds is 51. The van der Waals surface area contributed by atoms with Crippen LogP contribution >= 0.6 is 0 Å². The van der Waals surface area contributed by atoms with Crippen LogP contribution in [0.25, 0.3) is 0 Å². The lowest BCUT2D eigenvalue weighted by molar-refractivity contribution is -0.910. The first-order valence-electron chi connectivity index (χ1n) is 30.5. The Morgan fingerprint density at radius 2 is 0.456 bits per heavy atom. The average molecular weight is 1170 g/mol. The molecule has 0 aliphatic carbocycles. The third kappa shape index (κ3) is 82.9. The average Bonchev–Trinajstić information content (AvgIpc) is 3.37. The molecule has 0 fully saturated rings. The van der Waals surface area contributed by atoms with Crippen molar-refractivity contribution in [1.82, 2.24) is 0 Å². The van der Waals surface area contributed by atoms with E-state index in [1.165, 1.54) is 167 Å². The maximum atomic E-state index is 10.2. The number of unbranched alkanes of at least 4 members (excludes halogenated alkanes) is 28. The van der Waals surface area contributed by atoms with Crippen molar-refractivity contribution < 1.29 is 96.4 Å². The number of carboxylic acids is 2. The van der Waals surface area contributed by atoms with Crippen molar-refractivity contribution in [2.45, 2.75) is 219 Å². The van der Waals surface area contributed by atoms with E-state index in [0.717, 1.165) is 32.8 Å². The molecule has 0 bridgehead atoms. The van der Waals surface area contributed by atoms with Crippen molar-refractivity contribution in [3.63, 3.8) is 0 Å². The molecule has 0 saturated carbocycles. The zero-order valence-electron chi connectivity index (χ0n) is 51.4. The minimum absolute atomic E-state index is 0.0938. The largest absolute Gasteiger partial charge is 0.726 e. The quantitative estimate of drug-likeness (QED) is 0.0177. The van der Waals surface area contributed by atoms with Crippen LogP contribution in [0.1, 0.15) is 219 Å². The number of aliphatic hydroxyl groups is 9. The molecule has 0 aromatic rings. The molecule has 20 nitrogen and oxygen atoms in total. The molecule has 0 aliphatic rings. The van der Waals surface area contributed by atoms with Crippen LogP contribution in [0.5, 0.6) is 0 Å². The number of aliphatic carboxylic acids is 2. The van der Waals surface area contributed by atoms with Gasteiger partial charge in [-0.15, -0.1) is 0 Å². The maximum absolute atomic E-state index is 10.2. The van der Waals surface area contributed by atoms with Gasteiger partial charge in [-0.05, 0) is 25.7 Å². The van der Waals surface area contributed by atoms with Gasteiger partial charge < -0.3 is 83.8 Å². The number of aliphatic hydroxyl groups excluding tert-OH is 9. The van der Waals surface area contributed by atoms with E-state index in [2.05, 4.69) is 18.0 Å². The van der Waals surface area contributed by atoms with E-state index in [1.807, 2.05) is 21.1 Å². The van der Waals surface area contributed by atoms with Gasteiger partial charge in [0.25, 0.3) is 0 Å². The lowest BCUT2D eigenvalue weighted by Gasteiger charge is -2.32. The summed E-state index contributed by atoms with van der Waals surface area (Å²) >= 11 is 0. The van der Waals surface area contributed by atoms with Gasteiger partial charge in [0.1, 0.15) is 58.9 Å². The van der Waals surface area contributed by atoms with E-state index in [1.54, 1.807) is 0 Å². The molecular formula is C58H127N3O17S. The Morgan fingerprint density at radius 1 is 0.329 bits per heavy atom. The van der Waals surface area contributed by atoms with Gasteiger partial charge in [0.2, 0.25) is 10.4 Å². The minimum atomic E-state index is -4.41. The Morgan fingerprint density at radius 3 is 0.557 bits per heavy atom. The lowest BCUT2D eigenvalue weighted by atomic mass is 10.0. The summed E-state index contributed by atoms with van der Waals surface area (Å²) in [5, 5.41) is 98.5. The summed E-state index contributed by atoms with van der Waals surface area (Å²) in [5.41, 5.74) is 0. The summed E-state index contributed by atoms with van der Waals surface area (Å²) in [6, 6.07) is 0. The number of hydrogen-bond donors (Lipinski definition) is 9. The van der Waals surface area contributed by atoms with E-state index in [9.17, 15) is 32.8 Å². The summed E-state index contributed by atoms with van der Waals surface area (Å²) < 4.78 is 32.6. The fourth-order valence-corrected chi connectivity index (χ4v) is 8.46. The van der Waals surface area contributed by atoms with Gasteiger partial charge in [-0.25, -0.2) is 8.42 Å². The van der Waals surface area contributed by atoms with Gasteiger partial charge in [0.05, 0.1) is 87.7 Å². The summed E-state index contributed by atoms with van der Waals surface area (Å²) in [5.74, 6) is -1.81. The Hall–Kier alpha value is -1.67. The molecule has 0 atom stereocenters. The monoisotopic (exact) mass is 1170 g/mol. The predicted molar refractivity (Wildman–Crippen MR) is 312 cm³/mol. The highest BCUT2D eigenvalue weighted by atomic mass is 32.3. The first kappa shape index (κ1) is 88.6. The van der Waals surface area contributed by atoms with Crippen LogP contribution in [0.4, 0.5) is 0 Å². The molecule has 79 heavy (non-hydrogen) atoms. The molecule has 21 heteroatoms. The van der Waals surface area contributed by atoms with E-state index in [-0.39, 0.29) is 72.3 Å². The molecule has 0 heterocycles. The fraction of sp³-hybridized carbons (Fsp3) is 0.966. The smallest absolute Gasteiger partial charge is 0.217 e. The molecule has 482 valence electrons. The van der Waals surface area contributed by atoms with Crippen molar-refractivity contribution in [3.05, 3.63) is 0 Å². The van der Waals surface area contributed by atoms with Gasteiger partial charge in [-0.3, -0.25) is 4.18 Å². The number of quaternary nitrogens is 3. The summed E-state index contributed by atoms with van der Waals surface area (Å²) in [4.78, 5) is 20.4. The first-order chi connectivity index (χ1) is 37.6. The van der Waals surface area contributed by atoms with Crippen molar-refractivity contribution in [2.24, 2.45) is 0 Å². The minimum Gasteiger partial charge on any atom is -0.726 e. The normalized spacial score (nSPS) is 11.4. The SMILES string of the molecule is CCCCCCCCCCCCCCCCCC(=O)[O-].CCCCCCCCCCCCCCCCCC(=O)[O-].COS(=O)(=O)[O-].C[N+](CCO)(CCO)CCO.C[N+](CCO)(CCO)CCO.C[N+](CCO)(CCO)CCO. The first-order valence-corrected chi connectivity index (χ1v) is 31.9. The molecular weight excluding hydrogens is 1040 g/mol. The van der Waals surface area contributed by atoms with Crippen LogP contribution in [0, 0.1) is 0 Å². The third-order valence-electron chi connectivity index (χ3n) is 13.9. The summed E-state index contributed by atoms with van der Waals surface area (Å²) in [6.45, 7) is 10.6. The van der Waals surface area contributed by atoms with Crippen LogP contribution < -0.4 is 10.2 Å². The molecule has 0 spiro atoms. The Balaban J connectivity index is -0.000000211. The Labute approximate surface area is 482 Å². The van der Waals surface area contributed by atoms with Crippen LogP contribution in [0.2, 0.25) is 0 Å².